The predicted octanol–water partition coefficient (Wildman–Crippen LogP) is 0.962. The molecule has 0 aliphatic carbocycles. The molecule has 0 bridgehead atoms. The van der Waals surface area contributed by atoms with Crippen LogP contribution in [0.5, 0.6) is 5.75 Å². The van der Waals surface area contributed by atoms with E-state index in [9.17, 15) is 13.5 Å². The van der Waals surface area contributed by atoms with Crippen LogP contribution in [0.3, 0.4) is 0 Å². The molecule has 0 spiro atoms. The molecule has 1 aromatic rings. The van der Waals surface area contributed by atoms with Crippen molar-refractivity contribution in [3.8, 4) is 5.75 Å². The van der Waals surface area contributed by atoms with E-state index in [-0.39, 0.29) is 10.8 Å². The van der Waals surface area contributed by atoms with Gasteiger partial charge in [0.25, 0.3) is 0 Å². The fraction of sp³-hybridized carbons (Fsp3) is 0. The van der Waals surface area contributed by atoms with Crippen LogP contribution in [0.15, 0.2) is 40.8 Å². The molecule has 0 amide bonds. The van der Waals surface area contributed by atoms with E-state index in [1.54, 1.807) is 12.1 Å². The van der Waals surface area contributed by atoms with Gasteiger partial charge in [-0.1, -0.05) is 12.1 Å². The third-order valence-electron chi connectivity index (χ3n) is 2.09. The second kappa shape index (κ2) is 3.13. The van der Waals surface area contributed by atoms with Crippen molar-refractivity contribution in [2.45, 2.75) is 0 Å². The van der Waals surface area contributed by atoms with Gasteiger partial charge in [0.2, 0.25) is 9.84 Å². The molecule has 4 nitrogen and oxygen atoms in total. The minimum absolute atomic E-state index is 0.0877. The molecular weight excluding hydrogens is 214 g/mol. The Morgan fingerprint density at radius 3 is 2.53 bits per heavy atom. The molecule has 1 aliphatic heterocycles. The van der Waals surface area contributed by atoms with Gasteiger partial charge in [0.05, 0.1) is 0 Å². The molecule has 0 radical (unpaired) electrons. The van der Waals surface area contributed by atoms with E-state index in [2.05, 4.69) is 0 Å². The number of allylic oxidation sites excluding steroid dienone is 2. The van der Waals surface area contributed by atoms with Crippen molar-refractivity contribution in [1.29, 1.82) is 0 Å². The molecule has 1 aliphatic rings. The number of sulfone groups is 1. The van der Waals surface area contributed by atoms with Gasteiger partial charge in [-0.3, -0.25) is 0 Å². The third-order valence-corrected chi connectivity index (χ3v) is 3.43. The second-order valence-electron chi connectivity index (χ2n) is 3.22. The van der Waals surface area contributed by atoms with Gasteiger partial charge < -0.3 is 10.8 Å². The minimum atomic E-state index is -3.44. The summed E-state index contributed by atoms with van der Waals surface area (Å²) in [6.07, 6.45) is 1.38. The maximum atomic E-state index is 11.3. The summed E-state index contributed by atoms with van der Waals surface area (Å²) in [6.45, 7) is 0. The number of rotatable bonds is 1. The summed E-state index contributed by atoms with van der Waals surface area (Å²) in [5.74, 6) is 0.0877. The van der Waals surface area contributed by atoms with Gasteiger partial charge in [-0.2, -0.15) is 0 Å². The average Bonchev–Trinajstić information content (AvgIpc) is 2.42. The van der Waals surface area contributed by atoms with Crippen molar-refractivity contribution in [3.63, 3.8) is 0 Å². The average molecular weight is 223 g/mol. The summed E-state index contributed by atoms with van der Waals surface area (Å²) in [7, 11) is -3.44. The van der Waals surface area contributed by atoms with Crippen LogP contribution in [-0.2, 0) is 9.84 Å². The van der Waals surface area contributed by atoms with Crippen molar-refractivity contribution in [3.05, 3.63) is 46.3 Å². The van der Waals surface area contributed by atoms with Gasteiger partial charge in [0.1, 0.15) is 10.8 Å². The zero-order chi connectivity index (χ0) is 11.1. The number of aromatic hydroxyl groups is 1. The van der Waals surface area contributed by atoms with Gasteiger partial charge in [-0.25, -0.2) is 8.42 Å². The van der Waals surface area contributed by atoms with Crippen molar-refractivity contribution in [2.24, 2.45) is 5.73 Å². The summed E-state index contributed by atoms with van der Waals surface area (Å²) in [5.41, 5.74) is 6.45. The smallest absolute Gasteiger partial charge is 0.215 e. The van der Waals surface area contributed by atoms with Gasteiger partial charge >= 0.3 is 0 Å². The highest BCUT2D eigenvalue weighted by molar-refractivity contribution is 7.98. The standard InChI is InChI=1S/C10H9NO3S/c11-10-5-8(6-15(10,13)14)7-2-1-3-9(12)4-7/h1-6,12H,11H2. The lowest BCUT2D eigenvalue weighted by atomic mass is 10.1. The lowest BCUT2D eigenvalue weighted by Gasteiger charge is -1.98. The zero-order valence-corrected chi connectivity index (χ0v) is 8.53. The van der Waals surface area contributed by atoms with Gasteiger partial charge in [-0.15, -0.1) is 0 Å². The van der Waals surface area contributed by atoms with E-state index in [1.807, 2.05) is 0 Å². The lowest BCUT2D eigenvalue weighted by Crippen LogP contribution is -2.04. The van der Waals surface area contributed by atoms with Crippen molar-refractivity contribution in [2.75, 3.05) is 0 Å². The summed E-state index contributed by atoms with van der Waals surface area (Å²) < 4.78 is 22.6. The molecule has 15 heavy (non-hydrogen) atoms. The van der Waals surface area contributed by atoms with E-state index in [4.69, 9.17) is 5.73 Å². The normalized spacial score (nSPS) is 18.4. The molecular formula is C10H9NO3S. The molecule has 0 atom stereocenters. The summed E-state index contributed by atoms with van der Waals surface area (Å²) >= 11 is 0. The van der Waals surface area contributed by atoms with Gasteiger partial charge in [-0.05, 0) is 29.3 Å². The summed E-state index contributed by atoms with van der Waals surface area (Å²) in [4.78, 5) is 0. The van der Waals surface area contributed by atoms with Crippen LogP contribution in [0.25, 0.3) is 5.57 Å². The van der Waals surface area contributed by atoms with Gasteiger partial charge in [0.15, 0.2) is 0 Å². The third kappa shape index (κ3) is 1.73. The Bertz CT molecular complexity index is 570. The first-order valence-corrected chi connectivity index (χ1v) is 5.77. The molecule has 0 saturated heterocycles. The number of phenolic OH excluding ortho intramolecular Hbond substituents is 1. The highest BCUT2D eigenvalue weighted by Crippen LogP contribution is 2.28. The fourth-order valence-electron chi connectivity index (χ4n) is 1.34. The van der Waals surface area contributed by atoms with E-state index in [0.29, 0.717) is 11.1 Å². The van der Waals surface area contributed by atoms with Crippen LogP contribution < -0.4 is 5.73 Å². The lowest BCUT2D eigenvalue weighted by molar-refractivity contribution is 0.475. The molecule has 5 heteroatoms. The topological polar surface area (TPSA) is 80.4 Å². The quantitative estimate of drug-likeness (QED) is 0.743. The van der Waals surface area contributed by atoms with Crippen LogP contribution in [-0.4, -0.2) is 13.5 Å². The SMILES string of the molecule is NC1=CC(c2cccc(O)c2)=CS1(=O)=O. The van der Waals surface area contributed by atoms with Crippen LogP contribution in [0.1, 0.15) is 5.56 Å². The van der Waals surface area contributed by atoms with Crippen LogP contribution >= 0.6 is 0 Å². The van der Waals surface area contributed by atoms with E-state index < -0.39 is 9.84 Å². The number of benzene rings is 1. The maximum Gasteiger partial charge on any atom is 0.215 e. The molecule has 78 valence electrons. The monoisotopic (exact) mass is 223 g/mol. The van der Waals surface area contributed by atoms with E-state index in [1.165, 1.54) is 18.2 Å². The molecule has 0 fully saturated rings. The zero-order valence-electron chi connectivity index (χ0n) is 7.71. The number of phenols is 1. The van der Waals surface area contributed by atoms with Crippen LogP contribution in [0.4, 0.5) is 0 Å². The molecule has 0 saturated carbocycles. The van der Waals surface area contributed by atoms with E-state index in [0.717, 1.165) is 5.41 Å². The van der Waals surface area contributed by atoms with Crippen molar-refractivity contribution < 1.29 is 13.5 Å². The highest BCUT2D eigenvalue weighted by atomic mass is 32.2. The van der Waals surface area contributed by atoms with Crippen LogP contribution in [0.2, 0.25) is 0 Å². The maximum absolute atomic E-state index is 11.3. The first kappa shape index (κ1) is 9.79. The Morgan fingerprint density at radius 1 is 1.27 bits per heavy atom. The summed E-state index contributed by atoms with van der Waals surface area (Å²) in [6, 6.07) is 6.34. The molecule has 0 unspecified atom stereocenters. The summed E-state index contributed by atoms with van der Waals surface area (Å²) in [5, 5.41) is 10.2. The Kier molecular flexibility index (Phi) is 2.04. The predicted molar refractivity (Wildman–Crippen MR) is 57.3 cm³/mol. The first-order valence-electron chi connectivity index (χ1n) is 4.22. The molecule has 2 rings (SSSR count). The number of hydrogen-bond donors (Lipinski definition) is 2. The molecule has 1 heterocycles. The molecule has 1 aromatic carbocycles. The second-order valence-corrected chi connectivity index (χ2v) is 5.01. The molecule has 3 N–H and O–H groups in total. The fourth-order valence-corrected chi connectivity index (χ4v) is 2.31. The minimum Gasteiger partial charge on any atom is -0.508 e. The Hall–Kier alpha value is -1.75. The Morgan fingerprint density at radius 2 is 2.00 bits per heavy atom. The van der Waals surface area contributed by atoms with Crippen molar-refractivity contribution >= 4 is 15.4 Å². The Labute approximate surface area is 87.3 Å². The van der Waals surface area contributed by atoms with Crippen LogP contribution in [0, 0.1) is 0 Å². The highest BCUT2D eigenvalue weighted by Gasteiger charge is 2.20. The number of hydrogen-bond acceptors (Lipinski definition) is 4. The molecule has 0 aromatic heterocycles. The largest absolute Gasteiger partial charge is 0.508 e. The van der Waals surface area contributed by atoms with Crippen molar-refractivity contribution in [1.82, 2.24) is 0 Å². The van der Waals surface area contributed by atoms with E-state index >= 15 is 0 Å². The first-order chi connectivity index (χ1) is 6.99. The Balaban J connectivity index is 2.53. The van der Waals surface area contributed by atoms with Gasteiger partial charge in [0, 0.05) is 5.41 Å². The number of nitrogens with two attached hydrogens (primary N) is 1.